The molecule has 178 valence electrons. The highest BCUT2D eigenvalue weighted by molar-refractivity contribution is 9.10. The van der Waals surface area contributed by atoms with Crippen LogP contribution in [0.2, 0.25) is 0 Å². The van der Waals surface area contributed by atoms with Crippen LogP contribution in [0.1, 0.15) is 37.8 Å². The van der Waals surface area contributed by atoms with Crippen LogP contribution < -0.4 is 15.2 Å². The van der Waals surface area contributed by atoms with Gasteiger partial charge in [-0.15, -0.1) is 0 Å². The number of carbonyl (C=O) groups is 1. The first-order valence-electron chi connectivity index (χ1n) is 10.6. The normalized spacial score (nSPS) is 15.5. The summed E-state index contributed by atoms with van der Waals surface area (Å²) in [5.41, 5.74) is 7.59. The molecule has 1 unspecified atom stereocenters. The second kappa shape index (κ2) is 11.1. The number of esters is 1. The number of allylic oxidation sites excluding steroid dienone is 2. The van der Waals surface area contributed by atoms with E-state index in [0.29, 0.717) is 28.1 Å². The first-order valence-corrected chi connectivity index (χ1v) is 11.4. The van der Waals surface area contributed by atoms with Crippen molar-refractivity contribution in [1.82, 2.24) is 0 Å². The lowest BCUT2D eigenvalue weighted by molar-refractivity contribution is -0.139. The molecule has 0 bridgehead atoms. The zero-order chi connectivity index (χ0) is 24.8. The van der Waals surface area contributed by atoms with Gasteiger partial charge in [-0.1, -0.05) is 12.1 Å². The predicted octanol–water partition coefficient (Wildman–Crippen LogP) is 5.21. The van der Waals surface area contributed by atoms with Crippen molar-refractivity contribution in [2.75, 3.05) is 13.2 Å². The highest BCUT2D eigenvalue weighted by Gasteiger charge is 2.37. The number of nitrogens with two attached hydrogens (primary N) is 1. The van der Waals surface area contributed by atoms with E-state index in [1.54, 1.807) is 38.1 Å². The maximum Gasteiger partial charge on any atom is 0.338 e. The van der Waals surface area contributed by atoms with Crippen LogP contribution >= 0.6 is 15.9 Å². The van der Waals surface area contributed by atoms with Gasteiger partial charge in [0.05, 0.1) is 29.2 Å². The third kappa shape index (κ3) is 5.34. The van der Waals surface area contributed by atoms with E-state index in [2.05, 4.69) is 22.0 Å². The zero-order valence-electron chi connectivity index (χ0n) is 19.0. The molecule has 1 aliphatic heterocycles. The average molecular weight is 531 g/mol. The van der Waals surface area contributed by atoms with E-state index in [9.17, 15) is 14.4 Å². The molecule has 9 heteroatoms. The first-order chi connectivity index (χ1) is 16.3. The molecule has 0 aromatic heterocycles. The molecule has 34 heavy (non-hydrogen) atoms. The quantitative estimate of drug-likeness (QED) is 0.467. The minimum Gasteiger partial charge on any atom is -0.490 e. The fourth-order valence-electron chi connectivity index (χ4n) is 3.58. The van der Waals surface area contributed by atoms with Crippen LogP contribution in [0.4, 0.5) is 4.39 Å². The lowest BCUT2D eigenvalue weighted by atomic mass is 9.83. The van der Waals surface area contributed by atoms with Crippen molar-refractivity contribution >= 4 is 21.9 Å². The van der Waals surface area contributed by atoms with Crippen molar-refractivity contribution in [1.29, 1.82) is 5.26 Å². The standard InChI is InChI=1S/C25H24BrFN2O5/c1-4-31-20-11-16(10-19(26)23(20)33-13-15-6-8-17(27)9-7-15)22-18(12-28)24(29)34-14(3)21(22)25(30)32-5-2/h6-11,22H,4-5,13,29H2,1-3H3. The molecule has 1 atom stereocenters. The van der Waals surface area contributed by atoms with E-state index < -0.39 is 11.9 Å². The van der Waals surface area contributed by atoms with E-state index in [1.165, 1.54) is 12.1 Å². The van der Waals surface area contributed by atoms with Gasteiger partial charge in [0.1, 0.15) is 29.8 Å². The summed E-state index contributed by atoms with van der Waals surface area (Å²) in [6, 6.07) is 11.5. The van der Waals surface area contributed by atoms with E-state index in [1.807, 2.05) is 6.92 Å². The topological polar surface area (TPSA) is 104 Å². The molecule has 2 aromatic rings. The van der Waals surface area contributed by atoms with Crippen molar-refractivity contribution in [3.05, 3.63) is 80.6 Å². The number of hydrogen-bond acceptors (Lipinski definition) is 7. The summed E-state index contributed by atoms with van der Waals surface area (Å²) in [7, 11) is 0. The number of hydrogen-bond donors (Lipinski definition) is 1. The Morgan fingerprint density at radius 3 is 2.53 bits per heavy atom. The van der Waals surface area contributed by atoms with Crippen LogP contribution in [-0.2, 0) is 20.9 Å². The minimum absolute atomic E-state index is 0.0798. The zero-order valence-corrected chi connectivity index (χ0v) is 20.6. The van der Waals surface area contributed by atoms with Crippen LogP contribution in [0.3, 0.4) is 0 Å². The Morgan fingerprint density at radius 1 is 1.21 bits per heavy atom. The number of benzene rings is 2. The van der Waals surface area contributed by atoms with Gasteiger partial charge in [-0.2, -0.15) is 5.26 Å². The molecule has 0 aliphatic carbocycles. The summed E-state index contributed by atoms with van der Waals surface area (Å²) < 4.78 is 36.2. The first kappa shape index (κ1) is 25.1. The monoisotopic (exact) mass is 530 g/mol. The van der Waals surface area contributed by atoms with Crippen LogP contribution in [0.25, 0.3) is 0 Å². The molecule has 7 nitrogen and oxygen atoms in total. The summed E-state index contributed by atoms with van der Waals surface area (Å²) in [4.78, 5) is 12.8. The van der Waals surface area contributed by atoms with Gasteiger partial charge in [0.15, 0.2) is 11.5 Å². The number of halogens is 2. The smallest absolute Gasteiger partial charge is 0.338 e. The van der Waals surface area contributed by atoms with Crippen LogP contribution in [0.5, 0.6) is 11.5 Å². The van der Waals surface area contributed by atoms with E-state index in [-0.39, 0.29) is 41.8 Å². The van der Waals surface area contributed by atoms with E-state index in [4.69, 9.17) is 24.7 Å². The van der Waals surface area contributed by atoms with Gasteiger partial charge < -0.3 is 24.7 Å². The van der Waals surface area contributed by atoms with Gasteiger partial charge in [-0.3, -0.25) is 0 Å². The molecular weight excluding hydrogens is 507 g/mol. The highest BCUT2D eigenvalue weighted by Crippen LogP contribution is 2.45. The van der Waals surface area contributed by atoms with E-state index in [0.717, 1.165) is 5.56 Å². The Kier molecular flexibility index (Phi) is 8.18. The molecule has 0 fully saturated rings. The van der Waals surface area contributed by atoms with Gasteiger partial charge in [0, 0.05) is 0 Å². The Labute approximate surface area is 205 Å². The molecule has 1 aliphatic rings. The second-order valence-electron chi connectivity index (χ2n) is 7.29. The van der Waals surface area contributed by atoms with Gasteiger partial charge in [-0.05, 0) is 72.1 Å². The average Bonchev–Trinajstić information content (AvgIpc) is 2.79. The maximum atomic E-state index is 13.2. The molecule has 2 N–H and O–H groups in total. The number of carbonyl (C=O) groups excluding carboxylic acids is 1. The Morgan fingerprint density at radius 2 is 1.91 bits per heavy atom. The van der Waals surface area contributed by atoms with Crippen molar-refractivity contribution in [3.8, 4) is 17.6 Å². The summed E-state index contributed by atoms with van der Waals surface area (Å²) in [5.74, 6) is -0.750. The summed E-state index contributed by atoms with van der Waals surface area (Å²) in [6.07, 6.45) is 0. The summed E-state index contributed by atoms with van der Waals surface area (Å²) in [6.45, 7) is 5.80. The highest BCUT2D eigenvalue weighted by atomic mass is 79.9. The van der Waals surface area contributed by atoms with Gasteiger partial charge in [0.2, 0.25) is 5.88 Å². The fraction of sp³-hybridized carbons (Fsp3) is 0.280. The lowest BCUT2D eigenvalue weighted by Gasteiger charge is -2.27. The van der Waals surface area contributed by atoms with Crippen molar-refractivity contribution in [3.63, 3.8) is 0 Å². The summed E-state index contributed by atoms with van der Waals surface area (Å²) in [5, 5.41) is 9.80. The predicted molar refractivity (Wildman–Crippen MR) is 126 cm³/mol. The van der Waals surface area contributed by atoms with Crippen molar-refractivity contribution in [2.45, 2.75) is 33.3 Å². The lowest BCUT2D eigenvalue weighted by Crippen LogP contribution is -2.25. The van der Waals surface area contributed by atoms with Crippen LogP contribution in [0, 0.1) is 17.1 Å². The summed E-state index contributed by atoms with van der Waals surface area (Å²) >= 11 is 3.52. The Hall–Kier alpha value is -3.51. The third-order valence-electron chi connectivity index (χ3n) is 5.06. The Bertz CT molecular complexity index is 1190. The number of nitriles is 1. The molecule has 0 radical (unpaired) electrons. The van der Waals surface area contributed by atoms with Crippen molar-refractivity contribution in [2.24, 2.45) is 5.73 Å². The van der Waals surface area contributed by atoms with Crippen LogP contribution in [-0.4, -0.2) is 19.2 Å². The minimum atomic E-state index is -0.820. The molecule has 3 rings (SSSR count). The van der Waals surface area contributed by atoms with Crippen LogP contribution in [0.15, 0.2) is 63.7 Å². The van der Waals surface area contributed by atoms with Gasteiger partial charge in [-0.25, -0.2) is 9.18 Å². The maximum absolute atomic E-state index is 13.2. The third-order valence-corrected chi connectivity index (χ3v) is 5.65. The molecular formula is C25H24BrFN2O5. The SMILES string of the molecule is CCOC(=O)C1=C(C)OC(N)=C(C#N)C1c1cc(Br)c(OCc2ccc(F)cc2)c(OCC)c1. The molecule has 0 amide bonds. The molecule has 2 aromatic carbocycles. The number of rotatable bonds is 8. The molecule has 0 saturated carbocycles. The number of nitrogens with zero attached hydrogens (tertiary/aromatic N) is 1. The molecule has 1 heterocycles. The molecule has 0 saturated heterocycles. The number of ether oxygens (including phenoxy) is 4. The fourth-order valence-corrected chi connectivity index (χ4v) is 4.16. The van der Waals surface area contributed by atoms with E-state index >= 15 is 0 Å². The van der Waals surface area contributed by atoms with Crippen molar-refractivity contribution < 1.29 is 28.1 Å². The van der Waals surface area contributed by atoms with Gasteiger partial charge in [0.25, 0.3) is 0 Å². The molecule has 0 spiro atoms. The largest absolute Gasteiger partial charge is 0.490 e. The second-order valence-corrected chi connectivity index (χ2v) is 8.15. The Balaban J connectivity index is 2.06. The van der Waals surface area contributed by atoms with Gasteiger partial charge >= 0.3 is 5.97 Å².